The number of nitrogens with zero attached hydrogens (tertiary/aromatic N) is 3. The largest absolute Gasteiger partial charge is 0.335 e. The molecule has 1 saturated heterocycles. The van der Waals surface area contributed by atoms with Crippen molar-refractivity contribution >= 4 is 26.6 Å². The Morgan fingerprint density at radius 2 is 2.07 bits per heavy atom. The third-order valence-corrected chi connectivity index (χ3v) is 7.19. The van der Waals surface area contributed by atoms with Crippen LogP contribution in [0, 0.1) is 0 Å². The van der Waals surface area contributed by atoms with E-state index in [0.717, 1.165) is 6.42 Å². The van der Waals surface area contributed by atoms with Gasteiger partial charge in [0.15, 0.2) is 9.84 Å². The number of carbonyl (C=O) groups is 1. The molecule has 8 nitrogen and oxygen atoms in total. The minimum atomic E-state index is -3.08. The number of fused-ring (bicyclic) bond motifs is 1. The van der Waals surface area contributed by atoms with E-state index in [4.69, 9.17) is 0 Å². The van der Waals surface area contributed by atoms with Gasteiger partial charge < -0.3 is 9.88 Å². The Hall–Kier alpha value is -2.26. The maximum atomic E-state index is 13.0. The molecule has 1 amide bonds. The van der Waals surface area contributed by atoms with E-state index in [1.807, 2.05) is 19.9 Å². The van der Waals surface area contributed by atoms with E-state index in [2.05, 4.69) is 9.97 Å². The number of H-pyrrole nitrogens is 1. The summed E-state index contributed by atoms with van der Waals surface area (Å²) in [6.45, 7) is 4.37. The van der Waals surface area contributed by atoms with E-state index in [1.54, 1.807) is 35.0 Å². The number of para-hydroxylation sites is 1. The lowest BCUT2D eigenvalue weighted by Gasteiger charge is -2.35. The number of benzene rings is 1. The van der Waals surface area contributed by atoms with Gasteiger partial charge in [0.1, 0.15) is 5.82 Å². The zero-order valence-corrected chi connectivity index (χ0v) is 17.9. The summed E-state index contributed by atoms with van der Waals surface area (Å²) in [5, 5.41) is 0.528. The van der Waals surface area contributed by atoms with Crippen LogP contribution in [0.1, 0.15) is 32.5 Å². The van der Waals surface area contributed by atoms with Gasteiger partial charge in [0.25, 0.3) is 5.56 Å². The number of sulfone groups is 1. The topological polar surface area (TPSA) is 103 Å². The van der Waals surface area contributed by atoms with Crippen LogP contribution in [0.4, 0.5) is 0 Å². The van der Waals surface area contributed by atoms with Crippen molar-refractivity contribution in [3.63, 3.8) is 0 Å². The minimum absolute atomic E-state index is 0.0341. The first-order chi connectivity index (χ1) is 13.7. The van der Waals surface area contributed by atoms with Gasteiger partial charge in [-0.15, -0.1) is 0 Å². The van der Waals surface area contributed by atoms with Gasteiger partial charge in [-0.05, 0) is 38.9 Å². The van der Waals surface area contributed by atoms with Crippen LogP contribution in [0.15, 0.2) is 29.1 Å². The first-order valence-electron chi connectivity index (χ1n) is 9.88. The van der Waals surface area contributed by atoms with Crippen molar-refractivity contribution in [3.05, 3.63) is 40.4 Å². The molecule has 2 aromatic rings. The SMILES string of the molecule is CC[C@@H](C)N(C(=O)CN(C)Cc1nc2ccccc2c(=O)[nH]1)[C@H]1CCS(=O)(=O)C1. The smallest absolute Gasteiger partial charge is 0.258 e. The maximum Gasteiger partial charge on any atom is 0.258 e. The minimum Gasteiger partial charge on any atom is -0.335 e. The van der Waals surface area contributed by atoms with Crippen LogP contribution >= 0.6 is 0 Å². The van der Waals surface area contributed by atoms with Gasteiger partial charge in [-0.1, -0.05) is 19.1 Å². The number of aromatic nitrogens is 2. The van der Waals surface area contributed by atoms with Crippen molar-refractivity contribution < 1.29 is 13.2 Å². The van der Waals surface area contributed by atoms with Gasteiger partial charge in [-0.2, -0.15) is 0 Å². The molecule has 29 heavy (non-hydrogen) atoms. The summed E-state index contributed by atoms with van der Waals surface area (Å²) in [6.07, 6.45) is 1.24. The number of nitrogens with one attached hydrogen (secondary N) is 1. The van der Waals surface area contributed by atoms with Crippen molar-refractivity contribution in [1.82, 2.24) is 19.8 Å². The van der Waals surface area contributed by atoms with Crippen LogP contribution in [0.25, 0.3) is 10.9 Å². The molecule has 2 heterocycles. The fourth-order valence-corrected chi connectivity index (χ4v) is 5.55. The van der Waals surface area contributed by atoms with Crippen molar-refractivity contribution in [2.45, 2.75) is 45.3 Å². The summed E-state index contributed by atoms with van der Waals surface area (Å²) in [6, 6.07) is 6.81. The predicted octanol–water partition coefficient (Wildman–Crippen LogP) is 1.17. The summed E-state index contributed by atoms with van der Waals surface area (Å²) in [7, 11) is -1.29. The number of aromatic amines is 1. The normalized spacial score (nSPS) is 19.5. The van der Waals surface area contributed by atoms with Gasteiger partial charge in [0, 0.05) is 12.1 Å². The summed E-state index contributed by atoms with van der Waals surface area (Å²) >= 11 is 0. The van der Waals surface area contributed by atoms with E-state index in [1.165, 1.54) is 0 Å². The first-order valence-corrected chi connectivity index (χ1v) is 11.7. The standard InChI is InChI=1S/C20H28N4O4S/c1-4-14(2)24(15-9-10-29(27,28)13-15)19(25)12-23(3)11-18-21-17-8-6-5-7-16(17)20(26)22-18/h5-8,14-15H,4,9-13H2,1-3H3,(H,21,22,26)/t14-,15+/m1/s1. The Labute approximate surface area is 170 Å². The number of hydrogen-bond acceptors (Lipinski definition) is 6. The van der Waals surface area contributed by atoms with Gasteiger partial charge >= 0.3 is 0 Å². The fourth-order valence-electron chi connectivity index (χ4n) is 3.83. The Balaban J connectivity index is 1.72. The van der Waals surface area contributed by atoms with Gasteiger partial charge in [0.2, 0.25) is 5.91 Å². The third-order valence-electron chi connectivity index (χ3n) is 5.44. The van der Waals surface area contributed by atoms with Crippen molar-refractivity contribution in [3.8, 4) is 0 Å². The van der Waals surface area contributed by atoms with E-state index in [-0.39, 0.29) is 41.6 Å². The highest BCUT2D eigenvalue weighted by Gasteiger charge is 2.36. The van der Waals surface area contributed by atoms with E-state index >= 15 is 0 Å². The second-order valence-corrected chi connectivity index (χ2v) is 10.0. The molecular formula is C20H28N4O4S. The molecule has 0 spiro atoms. The highest BCUT2D eigenvalue weighted by Crippen LogP contribution is 2.21. The van der Waals surface area contributed by atoms with Crippen LogP contribution in [0.3, 0.4) is 0 Å². The lowest BCUT2D eigenvalue weighted by Crippen LogP contribution is -2.49. The first kappa shape index (κ1) is 21.4. The number of rotatable bonds is 7. The average Bonchev–Trinajstić information content (AvgIpc) is 3.00. The Morgan fingerprint density at radius 1 is 1.34 bits per heavy atom. The lowest BCUT2D eigenvalue weighted by molar-refractivity contribution is -0.136. The average molecular weight is 421 g/mol. The molecule has 0 radical (unpaired) electrons. The van der Waals surface area contributed by atoms with Gasteiger partial charge in [0.05, 0.1) is 35.5 Å². The van der Waals surface area contributed by atoms with E-state index in [9.17, 15) is 18.0 Å². The zero-order chi connectivity index (χ0) is 21.2. The van der Waals surface area contributed by atoms with Crippen LogP contribution < -0.4 is 5.56 Å². The molecule has 0 aliphatic carbocycles. The van der Waals surface area contributed by atoms with Crippen molar-refractivity contribution in [2.24, 2.45) is 0 Å². The van der Waals surface area contributed by atoms with E-state index < -0.39 is 9.84 Å². The Kier molecular flexibility index (Phi) is 6.38. The molecule has 1 fully saturated rings. The zero-order valence-electron chi connectivity index (χ0n) is 17.1. The number of likely N-dealkylation sites (N-methyl/N-ethyl adjacent to an activating group) is 1. The lowest BCUT2D eigenvalue weighted by atomic mass is 10.1. The van der Waals surface area contributed by atoms with Crippen molar-refractivity contribution in [2.75, 3.05) is 25.1 Å². The number of amides is 1. The second-order valence-electron chi connectivity index (χ2n) is 7.82. The summed E-state index contributed by atoms with van der Waals surface area (Å²) < 4.78 is 23.8. The second kappa shape index (κ2) is 8.62. The molecule has 0 bridgehead atoms. The molecule has 158 valence electrons. The van der Waals surface area contributed by atoms with Crippen LogP contribution in [0.2, 0.25) is 0 Å². The molecule has 2 atom stereocenters. The summed E-state index contributed by atoms with van der Waals surface area (Å²) in [5.41, 5.74) is 0.408. The molecule has 3 rings (SSSR count). The van der Waals surface area contributed by atoms with Crippen molar-refractivity contribution in [1.29, 1.82) is 0 Å². The Morgan fingerprint density at radius 3 is 2.72 bits per heavy atom. The molecule has 1 aliphatic heterocycles. The van der Waals surface area contributed by atoms with Gasteiger partial charge in [-0.3, -0.25) is 14.5 Å². The molecule has 0 unspecified atom stereocenters. The number of carbonyl (C=O) groups excluding carboxylic acids is 1. The summed E-state index contributed by atoms with van der Waals surface area (Å²) in [5.74, 6) is 0.553. The monoisotopic (exact) mass is 420 g/mol. The predicted molar refractivity (Wildman–Crippen MR) is 112 cm³/mol. The molecule has 1 aromatic heterocycles. The van der Waals surface area contributed by atoms with E-state index in [0.29, 0.717) is 29.7 Å². The third kappa shape index (κ3) is 5.02. The summed E-state index contributed by atoms with van der Waals surface area (Å²) in [4.78, 5) is 36.0. The van der Waals surface area contributed by atoms with Crippen LogP contribution in [0.5, 0.6) is 0 Å². The molecule has 1 aromatic carbocycles. The Bertz CT molecular complexity index is 1050. The highest BCUT2D eigenvalue weighted by molar-refractivity contribution is 7.91. The van der Waals surface area contributed by atoms with Crippen LogP contribution in [-0.2, 0) is 21.2 Å². The fraction of sp³-hybridized carbons (Fsp3) is 0.550. The molecule has 1 aliphatic rings. The molecular weight excluding hydrogens is 392 g/mol. The number of hydrogen-bond donors (Lipinski definition) is 1. The van der Waals surface area contributed by atoms with Gasteiger partial charge in [-0.25, -0.2) is 13.4 Å². The molecule has 0 saturated carbocycles. The molecule has 1 N–H and O–H groups in total. The maximum absolute atomic E-state index is 13.0. The molecule has 9 heteroatoms. The highest BCUT2D eigenvalue weighted by atomic mass is 32.2. The quantitative estimate of drug-likeness (QED) is 0.721. The van der Waals surface area contributed by atoms with Crippen LogP contribution in [-0.4, -0.2) is 71.3 Å².